The number of hydrogen-bond donors (Lipinski definition) is 1. The highest BCUT2D eigenvalue weighted by Crippen LogP contribution is 2.36. The minimum absolute atomic E-state index is 0.121. The molecule has 4 rings (SSSR count). The highest BCUT2D eigenvalue weighted by molar-refractivity contribution is 7.12. The summed E-state index contributed by atoms with van der Waals surface area (Å²) in [6.45, 7) is 1.31. The molecule has 1 aliphatic heterocycles. The van der Waals surface area contributed by atoms with Crippen molar-refractivity contribution >= 4 is 45.7 Å². The molecule has 1 fully saturated rings. The fourth-order valence-corrected chi connectivity index (χ4v) is 4.27. The van der Waals surface area contributed by atoms with Crippen LogP contribution in [0.4, 0.5) is 4.79 Å². The lowest BCUT2D eigenvalue weighted by atomic mass is 10.1. The van der Waals surface area contributed by atoms with Gasteiger partial charge in [0.1, 0.15) is 0 Å². The lowest BCUT2D eigenvalue weighted by Gasteiger charge is -2.27. The first-order valence-electron chi connectivity index (χ1n) is 8.48. The average molecular weight is 389 g/mol. The van der Waals surface area contributed by atoms with Crippen molar-refractivity contribution in [3.8, 4) is 5.88 Å². The van der Waals surface area contributed by atoms with Crippen molar-refractivity contribution in [3.05, 3.63) is 51.2 Å². The molecule has 1 aliphatic rings. The molecule has 1 amide bonds. The Kier molecular flexibility index (Phi) is 4.46. The lowest BCUT2D eigenvalue weighted by Crippen LogP contribution is -2.38. The number of aromatic hydroxyl groups is 1. The standard InChI is InChI=1S/C19H17ClN2O3S/c20-12-6-7-14-13(11-12)16(17(23)15-5-4-10-26-15)18(24)22(14)19(25)21-8-2-1-3-9-21/h4-7,10-11,24H,1-3,8-9H2. The summed E-state index contributed by atoms with van der Waals surface area (Å²) in [5.74, 6) is -0.633. The Hall–Kier alpha value is -2.31. The quantitative estimate of drug-likeness (QED) is 0.644. The summed E-state index contributed by atoms with van der Waals surface area (Å²) in [7, 11) is 0. The van der Waals surface area contributed by atoms with E-state index in [-0.39, 0.29) is 23.3 Å². The zero-order valence-corrected chi connectivity index (χ0v) is 15.5. The maximum absolute atomic E-state index is 13.0. The van der Waals surface area contributed by atoms with Crippen LogP contribution in [0.15, 0.2) is 35.7 Å². The second kappa shape index (κ2) is 6.78. The Labute approximate surface area is 159 Å². The van der Waals surface area contributed by atoms with E-state index in [1.54, 1.807) is 40.6 Å². The number of likely N-dealkylation sites (tertiary alicyclic amines) is 1. The normalized spacial score (nSPS) is 14.7. The van der Waals surface area contributed by atoms with Gasteiger partial charge in [0.15, 0.2) is 0 Å². The van der Waals surface area contributed by atoms with Gasteiger partial charge in [0.2, 0.25) is 11.7 Å². The van der Waals surface area contributed by atoms with E-state index in [2.05, 4.69) is 0 Å². The fraction of sp³-hybridized carbons (Fsp3) is 0.263. The number of halogens is 1. The van der Waals surface area contributed by atoms with Gasteiger partial charge in [0.25, 0.3) is 0 Å². The van der Waals surface area contributed by atoms with Gasteiger partial charge in [-0.2, -0.15) is 0 Å². The summed E-state index contributed by atoms with van der Waals surface area (Å²) >= 11 is 7.41. The van der Waals surface area contributed by atoms with Crippen molar-refractivity contribution < 1.29 is 14.7 Å². The Morgan fingerprint density at radius 1 is 1.12 bits per heavy atom. The number of nitrogens with zero attached hydrogens (tertiary/aromatic N) is 2. The number of thiophene rings is 1. The molecule has 0 atom stereocenters. The van der Waals surface area contributed by atoms with E-state index < -0.39 is 0 Å². The molecule has 1 aromatic carbocycles. The number of rotatable bonds is 2. The van der Waals surface area contributed by atoms with E-state index in [4.69, 9.17) is 11.6 Å². The Bertz CT molecular complexity index is 988. The van der Waals surface area contributed by atoms with Crippen LogP contribution in [0.25, 0.3) is 10.9 Å². The first kappa shape index (κ1) is 17.1. The third kappa shape index (κ3) is 2.79. The average Bonchev–Trinajstić information content (AvgIpc) is 3.27. The van der Waals surface area contributed by atoms with Crippen molar-refractivity contribution in [1.29, 1.82) is 0 Å². The van der Waals surface area contributed by atoms with Crippen molar-refractivity contribution in [2.75, 3.05) is 13.1 Å². The van der Waals surface area contributed by atoms with Crippen molar-refractivity contribution in [1.82, 2.24) is 9.47 Å². The Morgan fingerprint density at radius 3 is 2.58 bits per heavy atom. The maximum atomic E-state index is 13.0. The summed E-state index contributed by atoms with van der Waals surface area (Å²) in [6, 6.07) is 8.12. The highest BCUT2D eigenvalue weighted by atomic mass is 35.5. The smallest absolute Gasteiger partial charge is 0.331 e. The van der Waals surface area contributed by atoms with E-state index in [1.807, 2.05) is 0 Å². The molecule has 3 aromatic rings. The molecule has 0 unspecified atom stereocenters. The third-order valence-corrected chi connectivity index (χ3v) is 5.80. The van der Waals surface area contributed by atoms with Gasteiger partial charge in [0, 0.05) is 23.5 Å². The monoisotopic (exact) mass is 388 g/mol. The van der Waals surface area contributed by atoms with E-state index in [0.29, 0.717) is 33.9 Å². The molecule has 26 heavy (non-hydrogen) atoms. The van der Waals surface area contributed by atoms with Crippen molar-refractivity contribution in [2.24, 2.45) is 0 Å². The minimum Gasteiger partial charge on any atom is -0.494 e. The molecule has 134 valence electrons. The van der Waals surface area contributed by atoms with Crippen LogP contribution >= 0.6 is 22.9 Å². The topological polar surface area (TPSA) is 62.5 Å². The molecule has 0 bridgehead atoms. The molecule has 1 N–H and O–H groups in total. The van der Waals surface area contributed by atoms with Crippen LogP contribution in [0.1, 0.15) is 34.5 Å². The third-order valence-electron chi connectivity index (χ3n) is 4.69. The molecular formula is C19H17ClN2O3S. The van der Waals surface area contributed by atoms with Gasteiger partial charge < -0.3 is 10.0 Å². The summed E-state index contributed by atoms with van der Waals surface area (Å²) in [5, 5.41) is 13.6. The fourth-order valence-electron chi connectivity index (χ4n) is 3.42. The zero-order valence-electron chi connectivity index (χ0n) is 13.9. The number of hydrogen-bond acceptors (Lipinski definition) is 4. The Morgan fingerprint density at radius 2 is 1.88 bits per heavy atom. The van der Waals surface area contributed by atoms with E-state index in [1.165, 1.54) is 15.9 Å². The van der Waals surface area contributed by atoms with Gasteiger partial charge >= 0.3 is 6.03 Å². The minimum atomic E-state index is -0.323. The molecule has 2 aromatic heterocycles. The largest absolute Gasteiger partial charge is 0.494 e. The van der Waals surface area contributed by atoms with Gasteiger partial charge in [-0.05, 0) is 48.9 Å². The number of piperidine rings is 1. The van der Waals surface area contributed by atoms with Gasteiger partial charge in [0.05, 0.1) is 16.0 Å². The summed E-state index contributed by atoms with van der Waals surface area (Å²) in [5.41, 5.74) is 0.609. The number of aromatic nitrogens is 1. The number of fused-ring (bicyclic) bond motifs is 1. The number of carbonyl (C=O) groups excluding carboxylic acids is 2. The molecule has 0 aliphatic carbocycles. The second-order valence-electron chi connectivity index (χ2n) is 6.33. The van der Waals surface area contributed by atoms with Gasteiger partial charge in [-0.15, -0.1) is 11.3 Å². The predicted octanol–water partition coefficient (Wildman–Crippen LogP) is 4.75. The van der Waals surface area contributed by atoms with E-state index >= 15 is 0 Å². The number of carbonyl (C=O) groups is 2. The highest BCUT2D eigenvalue weighted by Gasteiger charge is 2.29. The molecule has 0 saturated carbocycles. The van der Waals surface area contributed by atoms with Crippen molar-refractivity contribution in [3.63, 3.8) is 0 Å². The van der Waals surface area contributed by atoms with Crippen LogP contribution in [0.2, 0.25) is 5.02 Å². The van der Waals surface area contributed by atoms with Crippen molar-refractivity contribution in [2.45, 2.75) is 19.3 Å². The van der Waals surface area contributed by atoms with Crippen LogP contribution in [0.5, 0.6) is 5.88 Å². The molecule has 7 heteroatoms. The van der Waals surface area contributed by atoms with E-state index in [9.17, 15) is 14.7 Å². The summed E-state index contributed by atoms with van der Waals surface area (Å²) in [6.07, 6.45) is 2.98. The van der Waals surface area contributed by atoms with Gasteiger partial charge in [-0.3, -0.25) is 4.79 Å². The first-order chi connectivity index (χ1) is 12.6. The maximum Gasteiger partial charge on any atom is 0.331 e. The van der Waals surface area contributed by atoms with Crippen LogP contribution < -0.4 is 0 Å². The SMILES string of the molecule is O=C(c1cccs1)c1c(O)n(C(=O)N2CCCCC2)c2ccc(Cl)cc12. The number of benzene rings is 1. The molecule has 3 heterocycles. The second-order valence-corrected chi connectivity index (χ2v) is 7.72. The molecule has 1 saturated heterocycles. The molecular weight excluding hydrogens is 372 g/mol. The van der Waals surface area contributed by atoms with Crippen LogP contribution in [0.3, 0.4) is 0 Å². The van der Waals surface area contributed by atoms with Crippen LogP contribution in [0, 0.1) is 0 Å². The summed E-state index contributed by atoms with van der Waals surface area (Å²) < 4.78 is 1.23. The molecule has 0 spiro atoms. The van der Waals surface area contributed by atoms with Gasteiger partial charge in [-0.25, -0.2) is 9.36 Å². The Balaban J connectivity index is 1.89. The lowest BCUT2D eigenvalue weighted by molar-refractivity contribution is 0.104. The number of ketones is 1. The van der Waals surface area contributed by atoms with Crippen LogP contribution in [-0.2, 0) is 0 Å². The zero-order chi connectivity index (χ0) is 18.3. The molecule has 0 radical (unpaired) electrons. The predicted molar refractivity (Wildman–Crippen MR) is 103 cm³/mol. The van der Waals surface area contributed by atoms with E-state index in [0.717, 1.165) is 19.3 Å². The molecule has 5 nitrogen and oxygen atoms in total. The summed E-state index contributed by atoms with van der Waals surface area (Å²) in [4.78, 5) is 28.2. The van der Waals surface area contributed by atoms with Crippen LogP contribution in [-0.4, -0.2) is 39.5 Å². The van der Waals surface area contributed by atoms with Gasteiger partial charge in [-0.1, -0.05) is 17.7 Å². The first-order valence-corrected chi connectivity index (χ1v) is 9.74. The number of amides is 1.